The molecule has 0 aliphatic rings. The molecule has 2 N–H and O–H groups in total. The Kier molecular flexibility index (Phi) is 9.36. The van der Waals surface area contributed by atoms with Gasteiger partial charge >= 0.3 is 0 Å². The van der Waals surface area contributed by atoms with Gasteiger partial charge in [-0.05, 0) is 60.7 Å². The number of hydrogen-bond acceptors (Lipinski definition) is 6. The maximum atomic E-state index is 13.6. The smallest absolute Gasteiger partial charge is 0.272 e. The van der Waals surface area contributed by atoms with Crippen LogP contribution < -0.4 is 20.1 Å². The summed E-state index contributed by atoms with van der Waals surface area (Å²) in [6.07, 6.45) is 1.54. The third kappa shape index (κ3) is 6.75. The zero-order valence-electron chi connectivity index (χ0n) is 25.7. The number of hydrogen-bond donors (Lipinski definition) is 2. The number of carbonyl (C=O) groups excluding carboxylic acids is 3. The van der Waals surface area contributed by atoms with Crippen LogP contribution in [0.25, 0.3) is 27.9 Å². The molecule has 0 saturated carbocycles. The first-order valence-electron chi connectivity index (χ1n) is 14.8. The zero-order chi connectivity index (χ0) is 32.8. The normalized spacial score (nSPS) is 11.3. The van der Waals surface area contributed by atoms with Crippen LogP contribution in [-0.2, 0) is 4.79 Å². The average molecular weight is 642 g/mol. The molecule has 6 rings (SSSR count). The van der Waals surface area contributed by atoms with Gasteiger partial charge < -0.3 is 20.1 Å². The predicted octanol–water partition coefficient (Wildman–Crippen LogP) is 7.65. The van der Waals surface area contributed by atoms with Crippen LogP contribution in [0.1, 0.15) is 20.7 Å². The van der Waals surface area contributed by atoms with Crippen LogP contribution in [0.2, 0.25) is 0 Å². The first-order valence-corrected chi connectivity index (χ1v) is 15.8. The Morgan fingerprint density at radius 3 is 2.00 bits per heavy atom. The van der Waals surface area contributed by atoms with Crippen molar-refractivity contribution >= 4 is 63.1 Å². The number of amides is 2. The first kappa shape index (κ1) is 31.2. The number of fused-ring (bicyclic) bond motifs is 3. The summed E-state index contributed by atoms with van der Waals surface area (Å²) in [5.74, 6) is 0.150. The number of aromatic nitrogens is 1. The second-order valence-corrected chi connectivity index (χ2v) is 11.5. The van der Waals surface area contributed by atoms with Crippen molar-refractivity contribution in [2.24, 2.45) is 0 Å². The fourth-order valence-electron chi connectivity index (χ4n) is 5.36. The summed E-state index contributed by atoms with van der Waals surface area (Å²) in [6, 6.07) is 36.9. The highest BCUT2D eigenvalue weighted by Gasteiger charge is 2.18. The standard InChI is InChI=1S/C38H31N3O5S/c1-45-34-18-10-13-26(36(34)46-2)23-31(40-37(43)25-11-4-3-5-12-25)38(44)39-27-19-21-28(22-20-27)47-24-35(42)41-32-16-8-6-14-29(32)30-15-7-9-17-33(30)41/h3-23H,24H2,1-2H3,(H,39,44)(H,40,43)/b31-23-. The number of benzene rings is 5. The maximum absolute atomic E-state index is 13.6. The molecular weight excluding hydrogens is 611 g/mol. The van der Waals surface area contributed by atoms with Crippen molar-refractivity contribution < 1.29 is 23.9 Å². The van der Waals surface area contributed by atoms with E-state index in [2.05, 4.69) is 10.6 Å². The molecule has 0 fully saturated rings. The number of para-hydroxylation sites is 3. The molecule has 5 aromatic carbocycles. The van der Waals surface area contributed by atoms with E-state index in [1.807, 2.05) is 66.7 Å². The van der Waals surface area contributed by atoms with Gasteiger partial charge in [-0.1, -0.05) is 66.7 Å². The Labute approximate surface area is 276 Å². The van der Waals surface area contributed by atoms with Crippen LogP contribution in [0.3, 0.4) is 0 Å². The summed E-state index contributed by atoms with van der Waals surface area (Å²) in [5, 5.41) is 7.69. The van der Waals surface area contributed by atoms with Crippen LogP contribution in [0.4, 0.5) is 5.69 Å². The van der Waals surface area contributed by atoms with E-state index < -0.39 is 11.8 Å². The molecule has 234 valence electrons. The second kappa shape index (κ2) is 14.1. The molecule has 0 saturated heterocycles. The Balaban J connectivity index is 1.19. The summed E-state index contributed by atoms with van der Waals surface area (Å²) >= 11 is 1.42. The van der Waals surface area contributed by atoms with Gasteiger partial charge in [-0.2, -0.15) is 0 Å². The van der Waals surface area contributed by atoms with E-state index in [1.165, 1.54) is 26.0 Å². The summed E-state index contributed by atoms with van der Waals surface area (Å²) < 4.78 is 12.7. The van der Waals surface area contributed by atoms with E-state index in [0.717, 1.165) is 26.7 Å². The van der Waals surface area contributed by atoms with Crippen molar-refractivity contribution in [1.29, 1.82) is 0 Å². The summed E-state index contributed by atoms with van der Waals surface area (Å²) in [7, 11) is 3.03. The lowest BCUT2D eigenvalue weighted by molar-refractivity contribution is -0.113. The topological polar surface area (TPSA) is 98.7 Å². The minimum Gasteiger partial charge on any atom is -0.493 e. The number of ether oxygens (including phenoxy) is 2. The van der Waals surface area contributed by atoms with Crippen molar-refractivity contribution in [2.75, 3.05) is 25.3 Å². The van der Waals surface area contributed by atoms with E-state index in [-0.39, 0.29) is 17.4 Å². The molecular formula is C38H31N3O5S. The lowest BCUT2D eigenvalue weighted by Gasteiger charge is -2.14. The number of nitrogens with zero attached hydrogens (tertiary/aromatic N) is 1. The summed E-state index contributed by atoms with van der Waals surface area (Å²) in [5.41, 5.74) is 3.25. The molecule has 8 nitrogen and oxygen atoms in total. The average Bonchev–Trinajstić information content (AvgIpc) is 3.45. The van der Waals surface area contributed by atoms with Gasteiger partial charge in [-0.15, -0.1) is 11.8 Å². The lowest BCUT2D eigenvalue weighted by atomic mass is 10.1. The molecule has 0 atom stereocenters. The molecule has 6 aromatic rings. The molecule has 1 heterocycles. The molecule has 0 spiro atoms. The number of carbonyl (C=O) groups is 3. The third-order valence-corrected chi connectivity index (χ3v) is 8.56. The van der Waals surface area contributed by atoms with Gasteiger partial charge in [0.2, 0.25) is 5.91 Å². The molecule has 2 amide bonds. The quantitative estimate of drug-likeness (QED) is 0.118. The number of nitrogens with one attached hydrogen (secondary N) is 2. The van der Waals surface area contributed by atoms with Gasteiger partial charge in [0.05, 0.1) is 31.0 Å². The Hall–Kier alpha value is -5.80. The van der Waals surface area contributed by atoms with Crippen molar-refractivity contribution in [3.05, 3.63) is 138 Å². The molecule has 47 heavy (non-hydrogen) atoms. The van der Waals surface area contributed by atoms with Gasteiger partial charge in [0.25, 0.3) is 11.8 Å². The molecule has 9 heteroatoms. The summed E-state index contributed by atoms with van der Waals surface area (Å²) in [6.45, 7) is 0. The number of methoxy groups -OCH3 is 2. The van der Waals surface area contributed by atoms with E-state index in [4.69, 9.17) is 9.47 Å². The number of rotatable bonds is 10. The maximum Gasteiger partial charge on any atom is 0.272 e. The minimum atomic E-state index is -0.527. The number of anilines is 1. The minimum absolute atomic E-state index is 0.0145. The van der Waals surface area contributed by atoms with Gasteiger partial charge in [0, 0.05) is 32.5 Å². The van der Waals surface area contributed by atoms with E-state index in [1.54, 1.807) is 65.2 Å². The lowest BCUT2D eigenvalue weighted by Crippen LogP contribution is -2.30. The fourth-order valence-corrected chi connectivity index (χ4v) is 6.11. The van der Waals surface area contributed by atoms with Crippen LogP contribution >= 0.6 is 11.8 Å². The Bertz CT molecular complexity index is 2070. The van der Waals surface area contributed by atoms with E-state index >= 15 is 0 Å². The molecule has 0 bridgehead atoms. The first-order chi connectivity index (χ1) is 23.0. The molecule has 1 aromatic heterocycles. The predicted molar refractivity (Wildman–Crippen MR) is 187 cm³/mol. The highest BCUT2D eigenvalue weighted by atomic mass is 32.2. The third-order valence-electron chi connectivity index (χ3n) is 7.57. The van der Waals surface area contributed by atoms with Crippen molar-refractivity contribution in [3.8, 4) is 11.5 Å². The molecule has 0 aliphatic carbocycles. The zero-order valence-corrected chi connectivity index (χ0v) is 26.5. The Morgan fingerprint density at radius 2 is 1.36 bits per heavy atom. The van der Waals surface area contributed by atoms with Crippen LogP contribution in [0.5, 0.6) is 11.5 Å². The van der Waals surface area contributed by atoms with Crippen molar-refractivity contribution in [3.63, 3.8) is 0 Å². The van der Waals surface area contributed by atoms with Crippen LogP contribution in [0.15, 0.2) is 132 Å². The van der Waals surface area contributed by atoms with Crippen LogP contribution in [-0.4, -0.2) is 42.3 Å². The van der Waals surface area contributed by atoms with Gasteiger partial charge in [0.15, 0.2) is 11.5 Å². The van der Waals surface area contributed by atoms with E-state index in [0.29, 0.717) is 28.3 Å². The molecule has 0 aliphatic heterocycles. The van der Waals surface area contributed by atoms with Gasteiger partial charge in [0.1, 0.15) is 5.70 Å². The second-order valence-electron chi connectivity index (χ2n) is 10.5. The fraction of sp³-hybridized carbons (Fsp3) is 0.0789. The van der Waals surface area contributed by atoms with Crippen molar-refractivity contribution in [2.45, 2.75) is 4.90 Å². The molecule has 0 unspecified atom stereocenters. The van der Waals surface area contributed by atoms with Gasteiger partial charge in [-0.25, -0.2) is 0 Å². The number of thioether (sulfide) groups is 1. The van der Waals surface area contributed by atoms with E-state index in [9.17, 15) is 14.4 Å². The highest BCUT2D eigenvalue weighted by molar-refractivity contribution is 8.00. The van der Waals surface area contributed by atoms with Crippen molar-refractivity contribution in [1.82, 2.24) is 9.88 Å². The Morgan fingerprint density at radius 1 is 0.723 bits per heavy atom. The molecule has 0 radical (unpaired) electrons. The summed E-state index contributed by atoms with van der Waals surface area (Å²) in [4.78, 5) is 40.9. The largest absolute Gasteiger partial charge is 0.493 e. The monoisotopic (exact) mass is 641 g/mol. The highest BCUT2D eigenvalue weighted by Crippen LogP contribution is 2.33. The SMILES string of the molecule is COc1cccc(/C=C(\NC(=O)c2ccccc2)C(=O)Nc2ccc(SCC(=O)n3c4ccccc4c4ccccc43)cc2)c1OC. The van der Waals surface area contributed by atoms with Crippen LogP contribution in [0, 0.1) is 0 Å². The van der Waals surface area contributed by atoms with Gasteiger partial charge in [-0.3, -0.25) is 19.0 Å².